The summed E-state index contributed by atoms with van der Waals surface area (Å²) < 4.78 is 6.52. The Kier molecular flexibility index (Phi) is 5.23. The van der Waals surface area contributed by atoms with Gasteiger partial charge >= 0.3 is 0 Å². The predicted octanol–water partition coefficient (Wildman–Crippen LogP) is 6.85. The van der Waals surface area contributed by atoms with Crippen molar-refractivity contribution in [3.8, 4) is 0 Å². The van der Waals surface area contributed by atoms with Crippen LogP contribution in [0.15, 0.2) is 0 Å². The third-order valence-corrected chi connectivity index (χ3v) is 12.0. The number of ether oxygens (including phenoxy) is 1. The normalized spacial score (nSPS) is 54.0. The van der Waals surface area contributed by atoms with E-state index < -0.39 is 0 Å². The van der Waals surface area contributed by atoms with Crippen LogP contribution in [0.25, 0.3) is 0 Å². The third-order valence-electron chi connectivity index (χ3n) is 12.0. The van der Waals surface area contributed by atoms with Crippen LogP contribution in [0, 0.1) is 52.3 Å². The molecule has 5 fully saturated rings. The minimum atomic E-state index is -0.126. The summed E-state index contributed by atoms with van der Waals surface area (Å²) in [5, 5.41) is 10.4. The number of aliphatic hydroxyl groups is 1. The number of epoxide rings is 1. The zero-order chi connectivity index (χ0) is 21.5. The van der Waals surface area contributed by atoms with Crippen molar-refractivity contribution < 1.29 is 9.84 Å². The first-order valence-electron chi connectivity index (χ1n) is 13.5. The second kappa shape index (κ2) is 7.21. The molecule has 1 heterocycles. The Labute approximate surface area is 185 Å². The number of fused-ring (bicyclic) bond motifs is 4. The molecule has 1 aliphatic heterocycles. The van der Waals surface area contributed by atoms with E-state index in [-0.39, 0.29) is 11.7 Å². The van der Waals surface area contributed by atoms with E-state index in [9.17, 15) is 5.11 Å². The Morgan fingerprint density at radius 2 is 1.70 bits per heavy atom. The van der Waals surface area contributed by atoms with Gasteiger partial charge in [-0.05, 0) is 91.8 Å². The van der Waals surface area contributed by atoms with Gasteiger partial charge in [-0.2, -0.15) is 0 Å². The summed E-state index contributed by atoms with van der Waals surface area (Å²) in [7, 11) is 0. The molecular formula is C28H48O2. The van der Waals surface area contributed by atoms with Gasteiger partial charge in [0.05, 0.1) is 12.2 Å². The molecule has 0 amide bonds. The summed E-state index contributed by atoms with van der Waals surface area (Å²) in [6.45, 7) is 15.1. The fourth-order valence-corrected chi connectivity index (χ4v) is 9.69. The first-order chi connectivity index (χ1) is 14.1. The Bertz CT molecular complexity index is 659. The van der Waals surface area contributed by atoms with Crippen molar-refractivity contribution >= 4 is 0 Å². The highest BCUT2D eigenvalue weighted by Gasteiger charge is 2.76. The molecule has 0 aromatic heterocycles. The van der Waals surface area contributed by atoms with Crippen LogP contribution in [0.2, 0.25) is 0 Å². The maximum Gasteiger partial charge on any atom is 0.103 e. The van der Waals surface area contributed by atoms with Crippen LogP contribution in [-0.4, -0.2) is 22.9 Å². The van der Waals surface area contributed by atoms with Crippen molar-refractivity contribution in [3.05, 3.63) is 0 Å². The molecule has 0 bridgehead atoms. The fraction of sp³-hybridized carbons (Fsp3) is 1.00. The van der Waals surface area contributed by atoms with E-state index in [4.69, 9.17) is 4.74 Å². The number of hydrogen-bond acceptors (Lipinski definition) is 2. The molecule has 4 saturated carbocycles. The van der Waals surface area contributed by atoms with Gasteiger partial charge in [0.25, 0.3) is 0 Å². The van der Waals surface area contributed by atoms with Gasteiger partial charge in [0, 0.05) is 11.8 Å². The maximum absolute atomic E-state index is 10.4. The SMILES string of the molecule is CC(C)[C@@H](C)CC[C@@H](C)[C@H]1CC[C@H]2[C@@H]3C[C@H]4O[C@]45C[C@@H](O)CC[C@]5(C)[C@H]3CC[C@]12C. The molecule has 1 saturated heterocycles. The number of hydrogen-bond donors (Lipinski definition) is 1. The summed E-state index contributed by atoms with van der Waals surface area (Å²) in [6, 6.07) is 0. The highest BCUT2D eigenvalue weighted by molar-refractivity contribution is 5.24. The van der Waals surface area contributed by atoms with Gasteiger partial charge in [0.15, 0.2) is 0 Å². The van der Waals surface area contributed by atoms with Gasteiger partial charge in [-0.3, -0.25) is 0 Å². The van der Waals surface area contributed by atoms with E-state index in [2.05, 4.69) is 41.5 Å². The minimum absolute atomic E-state index is 0.0395. The molecule has 1 spiro atoms. The molecule has 2 nitrogen and oxygen atoms in total. The van der Waals surface area contributed by atoms with Crippen molar-refractivity contribution in [1.29, 1.82) is 0 Å². The average molecular weight is 417 g/mol. The molecule has 1 N–H and O–H groups in total. The molecule has 4 aliphatic carbocycles. The number of aliphatic hydroxyl groups excluding tert-OH is 1. The molecular weight excluding hydrogens is 368 g/mol. The smallest absolute Gasteiger partial charge is 0.103 e. The summed E-state index contributed by atoms with van der Waals surface area (Å²) in [4.78, 5) is 0. The molecule has 172 valence electrons. The quantitative estimate of drug-likeness (QED) is 0.497. The van der Waals surface area contributed by atoms with Crippen molar-refractivity contribution in [1.82, 2.24) is 0 Å². The molecule has 0 unspecified atom stereocenters. The molecule has 0 aromatic carbocycles. The van der Waals surface area contributed by atoms with Crippen LogP contribution in [0.5, 0.6) is 0 Å². The van der Waals surface area contributed by atoms with Crippen LogP contribution in [0.4, 0.5) is 0 Å². The van der Waals surface area contributed by atoms with Crippen LogP contribution in [0.1, 0.15) is 106 Å². The van der Waals surface area contributed by atoms with Crippen molar-refractivity contribution in [2.45, 2.75) is 124 Å². The lowest BCUT2D eigenvalue weighted by molar-refractivity contribution is -0.116. The lowest BCUT2D eigenvalue weighted by Gasteiger charge is -2.59. The highest BCUT2D eigenvalue weighted by atomic mass is 16.6. The van der Waals surface area contributed by atoms with E-state index in [0.29, 0.717) is 16.9 Å². The second-order valence-corrected chi connectivity index (χ2v) is 13.4. The Balaban J connectivity index is 1.32. The Morgan fingerprint density at radius 3 is 2.43 bits per heavy atom. The zero-order valence-corrected chi connectivity index (χ0v) is 20.6. The topological polar surface area (TPSA) is 32.8 Å². The van der Waals surface area contributed by atoms with Gasteiger partial charge in [-0.25, -0.2) is 0 Å². The zero-order valence-electron chi connectivity index (χ0n) is 20.6. The summed E-state index contributed by atoms with van der Waals surface area (Å²) >= 11 is 0. The number of rotatable bonds is 5. The molecule has 11 atom stereocenters. The van der Waals surface area contributed by atoms with E-state index >= 15 is 0 Å². The first-order valence-corrected chi connectivity index (χ1v) is 13.5. The van der Waals surface area contributed by atoms with Crippen molar-refractivity contribution in [3.63, 3.8) is 0 Å². The third kappa shape index (κ3) is 2.94. The second-order valence-electron chi connectivity index (χ2n) is 13.4. The van der Waals surface area contributed by atoms with Gasteiger partial charge in [-0.1, -0.05) is 54.4 Å². The van der Waals surface area contributed by atoms with Gasteiger partial charge < -0.3 is 9.84 Å². The minimum Gasteiger partial charge on any atom is -0.393 e. The van der Waals surface area contributed by atoms with Crippen LogP contribution in [0.3, 0.4) is 0 Å². The predicted molar refractivity (Wildman–Crippen MR) is 123 cm³/mol. The lowest BCUT2D eigenvalue weighted by atomic mass is 9.44. The lowest BCUT2D eigenvalue weighted by Crippen LogP contribution is -2.58. The van der Waals surface area contributed by atoms with Crippen LogP contribution >= 0.6 is 0 Å². The molecule has 0 radical (unpaired) electrons. The largest absolute Gasteiger partial charge is 0.393 e. The monoisotopic (exact) mass is 416 g/mol. The highest BCUT2D eigenvalue weighted by Crippen LogP contribution is 2.74. The maximum atomic E-state index is 10.4. The fourth-order valence-electron chi connectivity index (χ4n) is 9.69. The van der Waals surface area contributed by atoms with Gasteiger partial charge in [0.2, 0.25) is 0 Å². The molecule has 0 aromatic rings. The Morgan fingerprint density at radius 1 is 0.933 bits per heavy atom. The summed E-state index contributed by atoms with van der Waals surface area (Å²) in [5.41, 5.74) is 0.913. The summed E-state index contributed by atoms with van der Waals surface area (Å²) in [5.74, 6) is 6.09. The van der Waals surface area contributed by atoms with Crippen molar-refractivity contribution in [2.75, 3.05) is 0 Å². The molecule has 2 heteroatoms. The molecule has 5 aliphatic rings. The van der Waals surface area contributed by atoms with E-state index in [1.807, 2.05) is 0 Å². The summed E-state index contributed by atoms with van der Waals surface area (Å²) in [6.07, 6.45) is 13.3. The van der Waals surface area contributed by atoms with E-state index in [1.54, 1.807) is 0 Å². The van der Waals surface area contributed by atoms with E-state index in [1.165, 1.54) is 51.4 Å². The van der Waals surface area contributed by atoms with E-state index in [0.717, 1.165) is 54.3 Å². The van der Waals surface area contributed by atoms with Crippen molar-refractivity contribution in [2.24, 2.45) is 52.3 Å². The standard InChI is InChI=1S/C28H48O2/c1-17(2)18(3)7-8-19(4)22-9-10-23-21-15-25-28(30-25)16-20(29)11-14-27(28,6)24(21)12-13-26(22,23)5/h17-25,29H,7-16H2,1-6H3/t18-,19+,20-,21-,22+,23-,24-,25+,26+,27+,28+/m0/s1. The average Bonchev–Trinajstić information content (AvgIpc) is 3.27. The van der Waals surface area contributed by atoms with Crippen LogP contribution < -0.4 is 0 Å². The molecule has 5 rings (SSSR count). The van der Waals surface area contributed by atoms with Gasteiger partial charge in [0.1, 0.15) is 5.60 Å². The Hall–Kier alpha value is -0.0800. The molecule has 30 heavy (non-hydrogen) atoms. The first kappa shape index (κ1) is 21.7. The van der Waals surface area contributed by atoms with Crippen LogP contribution in [-0.2, 0) is 4.74 Å². The van der Waals surface area contributed by atoms with Gasteiger partial charge in [-0.15, -0.1) is 0 Å².